The molecule has 0 spiro atoms. The normalized spacial score (nSPS) is 10.2. The zero-order valence-electron chi connectivity index (χ0n) is 10.8. The zero-order valence-corrected chi connectivity index (χ0v) is 11.6. The molecule has 2 aromatic carbocycles. The second-order valence-corrected chi connectivity index (χ2v) is 5.24. The topological polar surface area (TPSA) is 72.6 Å². The van der Waals surface area contributed by atoms with E-state index in [1.54, 1.807) is 17.8 Å². The maximum atomic E-state index is 11.1. The van der Waals surface area contributed by atoms with Crippen LogP contribution in [0.5, 0.6) is 5.75 Å². The molecular formula is C15H15NO3S. The highest BCUT2D eigenvalue weighted by atomic mass is 32.2. The smallest absolute Gasteiger partial charge is 0.339 e. The standard InChI is InChI=1S/C15H15NO3S/c16-11-6-7-13(15(17)18)14(10-11)19-8-9-20-12-4-2-1-3-5-12/h1-7,10H,8-9,16H2,(H,17,18). The van der Waals surface area contributed by atoms with Crippen LogP contribution in [0.4, 0.5) is 5.69 Å². The number of carboxylic acids is 1. The van der Waals surface area contributed by atoms with Gasteiger partial charge >= 0.3 is 5.97 Å². The lowest BCUT2D eigenvalue weighted by Gasteiger charge is -2.09. The number of nitrogen functional groups attached to an aromatic ring is 1. The van der Waals surface area contributed by atoms with Crippen LogP contribution in [0.25, 0.3) is 0 Å². The Balaban J connectivity index is 1.91. The van der Waals surface area contributed by atoms with Crippen molar-refractivity contribution in [3.05, 3.63) is 54.1 Å². The summed E-state index contributed by atoms with van der Waals surface area (Å²) in [6, 6.07) is 14.5. The molecule has 0 aliphatic carbocycles. The first-order chi connectivity index (χ1) is 9.66. The average Bonchev–Trinajstić information content (AvgIpc) is 2.44. The Morgan fingerprint density at radius 1 is 1.20 bits per heavy atom. The molecule has 0 saturated carbocycles. The first-order valence-electron chi connectivity index (χ1n) is 6.10. The molecule has 2 rings (SSSR count). The van der Waals surface area contributed by atoms with Crippen LogP contribution in [-0.2, 0) is 0 Å². The quantitative estimate of drug-likeness (QED) is 0.485. The molecule has 0 amide bonds. The Hall–Kier alpha value is -2.14. The minimum absolute atomic E-state index is 0.129. The molecule has 20 heavy (non-hydrogen) atoms. The summed E-state index contributed by atoms with van der Waals surface area (Å²) in [5.41, 5.74) is 6.26. The van der Waals surface area contributed by atoms with Crippen LogP contribution in [0, 0.1) is 0 Å². The van der Waals surface area contributed by atoms with Crippen LogP contribution >= 0.6 is 11.8 Å². The molecule has 104 valence electrons. The fourth-order valence-electron chi connectivity index (χ4n) is 1.66. The molecule has 0 radical (unpaired) electrons. The average molecular weight is 289 g/mol. The molecular weight excluding hydrogens is 274 g/mol. The molecule has 0 bridgehead atoms. The predicted molar refractivity (Wildman–Crippen MR) is 80.5 cm³/mol. The van der Waals surface area contributed by atoms with E-state index >= 15 is 0 Å². The van der Waals surface area contributed by atoms with Crippen LogP contribution in [0.3, 0.4) is 0 Å². The molecule has 0 unspecified atom stereocenters. The van der Waals surface area contributed by atoms with Gasteiger partial charge in [-0.2, -0.15) is 0 Å². The number of ether oxygens (including phenoxy) is 1. The Bertz CT molecular complexity index is 587. The van der Waals surface area contributed by atoms with E-state index in [1.807, 2.05) is 30.3 Å². The Kier molecular flexibility index (Phi) is 4.90. The maximum Gasteiger partial charge on any atom is 0.339 e. The molecule has 0 aliphatic rings. The predicted octanol–water partition coefficient (Wildman–Crippen LogP) is 3.14. The number of nitrogens with two attached hydrogens (primary N) is 1. The molecule has 4 nitrogen and oxygen atoms in total. The third kappa shape index (κ3) is 3.93. The van der Waals surface area contributed by atoms with E-state index < -0.39 is 5.97 Å². The van der Waals surface area contributed by atoms with Gasteiger partial charge in [0.15, 0.2) is 0 Å². The number of carbonyl (C=O) groups is 1. The SMILES string of the molecule is Nc1ccc(C(=O)O)c(OCCSc2ccccc2)c1. The lowest BCUT2D eigenvalue weighted by atomic mass is 10.2. The van der Waals surface area contributed by atoms with Crippen molar-refractivity contribution in [3.8, 4) is 5.75 Å². The van der Waals surface area contributed by atoms with Crippen molar-refractivity contribution in [2.24, 2.45) is 0 Å². The molecule has 0 aliphatic heterocycles. The fraction of sp³-hybridized carbons (Fsp3) is 0.133. The van der Waals surface area contributed by atoms with Gasteiger partial charge in [-0.3, -0.25) is 0 Å². The monoisotopic (exact) mass is 289 g/mol. The van der Waals surface area contributed by atoms with Gasteiger partial charge in [-0.25, -0.2) is 4.79 Å². The lowest BCUT2D eigenvalue weighted by Crippen LogP contribution is -2.06. The van der Waals surface area contributed by atoms with Gasteiger partial charge in [0.1, 0.15) is 11.3 Å². The van der Waals surface area contributed by atoms with E-state index in [2.05, 4.69) is 0 Å². The molecule has 0 saturated heterocycles. The number of hydrogen-bond acceptors (Lipinski definition) is 4. The van der Waals surface area contributed by atoms with Crippen molar-refractivity contribution in [1.82, 2.24) is 0 Å². The van der Waals surface area contributed by atoms with Crippen molar-refractivity contribution in [2.75, 3.05) is 18.1 Å². The summed E-state index contributed by atoms with van der Waals surface area (Å²) in [6.45, 7) is 0.420. The number of rotatable bonds is 6. The number of aromatic carboxylic acids is 1. The lowest BCUT2D eigenvalue weighted by molar-refractivity contribution is 0.0692. The van der Waals surface area contributed by atoms with Gasteiger partial charge in [-0.05, 0) is 24.3 Å². The summed E-state index contributed by atoms with van der Waals surface area (Å²) in [5.74, 6) is 0.0274. The first-order valence-corrected chi connectivity index (χ1v) is 7.09. The van der Waals surface area contributed by atoms with E-state index in [0.717, 1.165) is 10.6 Å². The summed E-state index contributed by atoms with van der Waals surface area (Å²) in [4.78, 5) is 12.2. The highest BCUT2D eigenvalue weighted by molar-refractivity contribution is 7.99. The van der Waals surface area contributed by atoms with E-state index in [0.29, 0.717) is 18.0 Å². The number of hydrogen-bond donors (Lipinski definition) is 2. The minimum atomic E-state index is -1.02. The van der Waals surface area contributed by atoms with Crippen molar-refractivity contribution in [1.29, 1.82) is 0 Å². The van der Waals surface area contributed by atoms with E-state index in [4.69, 9.17) is 15.6 Å². The summed E-state index contributed by atoms with van der Waals surface area (Å²) >= 11 is 1.65. The third-order valence-electron chi connectivity index (χ3n) is 2.59. The van der Waals surface area contributed by atoms with Crippen LogP contribution in [0.1, 0.15) is 10.4 Å². The number of thioether (sulfide) groups is 1. The van der Waals surface area contributed by atoms with Gasteiger partial charge in [0.05, 0.1) is 6.61 Å². The van der Waals surface area contributed by atoms with E-state index in [1.165, 1.54) is 12.1 Å². The summed E-state index contributed by atoms with van der Waals surface area (Å²) in [7, 11) is 0. The van der Waals surface area contributed by atoms with Crippen molar-refractivity contribution >= 4 is 23.4 Å². The molecule has 3 N–H and O–H groups in total. The van der Waals surface area contributed by atoms with Gasteiger partial charge < -0.3 is 15.6 Å². The summed E-state index contributed by atoms with van der Waals surface area (Å²) in [5, 5.41) is 9.07. The summed E-state index contributed by atoms with van der Waals surface area (Å²) < 4.78 is 5.52. The van der Waals surface area contributed by atoms with Gasteiger partial charge in [-0.15, -0.1) is 11.8 Å². The van der Waals surface area contributed by atoms with Crippen LogP contribution < -0.4 is 10.5 Å². The van der Waals surface area contributed by atoms with Gasteiger partial charge in [-0.1, -0.05) is 18.2 Å². The van der Waals surface area contributed by atoms with Crippen molar-refractivity contribution in [2.45, 2.75) is 4.90 Å². The fourth-order valence-corrected chi connectivity index (χ4v) is 2.41. The van der Waals surface area contributed by atoms with Crippen molar-refractivity contribution in [3.63, 3.8) is 0 Å². The third-order valence-corrected chi connectivity index (χ3v) is 3.57. The largest absolute Gasteiger partial charge is 0.492 e. The molecule has 0 atom stereocenters. The van der Waals surface area contributed by atoms with Crippen LogP contribution in [-0.4, -0.2) is 23.4 Å². The highest BCUT2D eigenvalue weighted by Gasteiger charge is 2.11. The van der Waals surface area contributed by atoms with Crippen molar-refractivity contribution < 1.29 is 14.6 Å². The first kappa shape index (κ1) is 14.3. The Morgan fingerprint density at radius 3 is 2.65 bits per heavy atom. The maximum absolute atomic E-state index is 11.1. The molecule has 0 aromatic heterocycles. The minimum Gasteiger partial charge on any atom is -0.492 e. The second kappa shape index (κ2) is 6.86. The van der Waals surface area contributed by atoms with E-state index in [-0.39, 0.29) is 5.56 Å². The Labute approximate surface area is 121 Å². The van der Waals surface area contributed by atoms with E-state index in [9.17, 15) is 4.79 Å². The molecule has 0 fully saturated rings. The molecule has 2 aromatic rings. The summed E-state index contributed by atoms with van der Waals surface area (Å²) in [6.07, 6.45) is 0. The number of carboxylic acid groups (broad SMARTS) is 1. The second-order valence-electron chi connectivity index (χ2n) is 4.07. The van der Waals surface area contributed by atoms with Gasteiger partial charge in [0.25, 0.3) is 0 Å². The van der Waals surface area contributed by atoms with Crippen LogP contribution in [0.15, 0.2) is 53.4 Å². The highest BCUT2D eigenvalue weighted by Crippen LogP contribution is 2.23. The Morgan fingerprint density at radius 2 is 1.95 bits per heavy atom. The molecule has 0 heterocycles. The van der Waals surface area contributed by atoms with Gasteiger partial charge in [0.2, 0.25) is 0 Å². The molecule has 5 heteroatoms. The zero-order chi connectivity index (χ0) is 14.4. The number of anilines is 1. The number of benzene rings is 2. The van der Waals surface area contributed by atoms with Gasteiger partial charge in [0, 0.05) is 22.4 Å². The van der Waals surface area contributed by atoms with Crippen LogP contribution in [0.2, 0.25) is 0 Å².